The third-order valence-corrected chi connectivity index (χ3v) is 4.27. The number of carbonyl (C=O) groups is 1. The molecule has 120 valence electrons. The minimum atomic E-state index is -0.397. The fraction of sp³-hybridized carbons (Fsp3) is 0.316. The summed E-state index contributed by atoms with van der Waals surface area (Å²) in [4.78, 5) is 14.3. The van der Waals surface area contributed by atoms with E-state index in [1.54, 1.807) is 23.1 Å². The van der Waals surface area contributed by atoms with Crippen LogP contribution in [0.5, 0.6) is 0 Å². The van der Waals surface area contributed by atoms with Crippen LogP contribution in [0.1, 0.15) is 22.8 Å². The fourth-order valence-electron chi connectivity index (χ4n) is 2.88. The first-order valence-electron chi connectivity index (χ1n) is 7.83. The van der Waals surface area contributed by atoms with Crippen LogP contribution < -0.4 is 0 Å². The van der Waals surface area contributed by atoms with Crippen LogP contribution in [0, 0.1) is 12.7 Å². The Kier molecular flexibility index (Phi) is 4.72. The molecular formula is C19H20FNO2. The minimum absolute atomic E-state index is 0.0592. The highest BCUT2D eigenvalue weighted by molar-refractivity contribution is 5.79. The maximum absolute atomic E-state index is 13.9. The highest BCUT2D eigenvalue weighted by Crippen LogP contribution is 2.25. The van der Waals surface area contributed by atoms with Crippen LogP contribution in [-0.4, -0.2) is 30.5 Å². The summed E-state index contributed by atoms with van der Waals surface area (Å²) in [5, 5.41) is 0. The molecule has 3 rings (SSSR count). The van der Waals surface area contributed by atoms with Crippen molar-refractivity contribution < 1.29 is 13.9 Å². The Morgan fingerprint density at radius 2 is 1.96 bits per heavy atom. The number of carbonyl (C=O) groups excluding carboxylic acids is 1. The first-order chi connectivity index (χ1) is 11.1. The Hall–Kier alpha value is -2.20. The molecule has 1 amide bonds. The highest BCUT2D eigenvalue weighted by Gasteiger charge is 2.27. The van der Waals surface area contributed by atoms with Crippen LogP contribution >= 0.6 is 0 Å². The first-order valence-corrected chi connectivity index (χ1v) is 7.83. The normalized spacial score (nSPS) is 18.0. The molecule has 1 heterocycles. The molecule has 1 atom stereocenters. The summed E-state index contributed by atoms with van der Waals surface area (Å²) in [5.41, 5.74) is 2.66. The van der Waals surface area contributed by atoms with Gasteiger partial charge < -0.3 is 9.64 Å². The third kappa shape index (κ3) is 3.59. The maximum atomic E-state index is 13.9. The molecule has 1 aliphatic rings. The zero-order valence-electron chi connectivity index (χ0n) is 13.2. The summed E-state index contributed by atoms with van der Waals surface area (Å²) in [5.74, 6) is -0.227. The lowest BCUT2D eigenvalue weighted by atomic mass is 10.0. The Morgan fingerprint density at radius 1 is 1.22 bits per heavy atom. The molecule has 3 nitrogen and oxygen atoms in total. The molecule has 1 fully saturated rings. The van der Waals surface area contributed by atoms with Crippen LogP contribution in [0.4, 0.5) is 4.39 Å². The van der Waals surface area contributed by atoms with Gasteiger partial charge in [-0.2, -0.15) is 0 Å². The lowest BCUT2D eigenvalue weighted by molar-refractivity contribution is -0.138. The molecule has 2 aromatic rings. The number of ether oxygens (including phenoxy) is 1. The van der Waals surface area contributed by atoms with Gasteiger partial charge in [-0.1, -0.05) is 42.5 Å². The molecule has 2 aromatic carbocycles. The van der Waals surface area contributed by atoms with Crippen LogP contribution in [0.3, 0.4) is 0 Å². The van der Waals surface area contributed by atoms with Crippen molar-refractivity contribution in [3.8, 4) is 0 Å². The standard InChI is InChI=1S/C19H20FNO2/c1-14-6-2-3-7-15(14)12-19(22)21-10-11-23-18(13-21)16-8-4-5-9-17(16)20/h2-9,18H,10-13H2,1H3. The van der Waals surface area contributed by atoms with Gasteiger partial charge >= 0.3 is 0 Å². The Bertz CT molecular complexity index is 701. The van der Waals surface area contributed by atoms with Gasteiger partial charge in [-0.3, -0.25) is 4.79 Å². The molecule has 1 unspecified atom stereocenters. The van der Waals surface area contributed by atoms with Crippen molar-refractivity contribution in [3.63, 3.8) is 0 Å². The molecule has 23 heavy (non-hydrogen) atoms. The average Bonchev–Trinajstić information content (AvgIpc) is 2.57. The maximum Gasteiger partial charge on any atom is 0.227 e. The van der Waals surface area contributed by atoms with E-state index in [4.69, 9.17) is 4.74 Å². The van der Waals surface area contributed by atoms with E-state index in [1.165, 1.54) is 6.07 Å². The van der Waals surface area contributed by atoms with Crippen LogP contribution in [0.25, 0.3) is 0 Å². The lowest BCUT2D eigenvalue weighted by Gasteiger charge is -2.33. The Balaban J connectivity index is 1.70. The molecule has 0 radical (unpaired) electrons. The van der Waals surface area contributed by atoms with E-state index >= 15 is 0 Å². The number of aryl methyl sites for hydroxylation is 1. The number of hydrogen-bond acceptors (Lipinski definition) is 2. The van der Waals surface area contributed by atoms with Gasteiger partial charge in [0.15, 0.2) is 0 Å². The molecule has 1 aliphatic heterocycles. The minimum Gasteiger partial charge on any atom is -0.370 e. The van der Waals surface area contributed by atoms with Crippen LogP contribution in [0.2, 0.25) is 0 Å². The van der Waals surface area contributed by atoms with E-state index in [1.807, 2.05) is 31.2 Å². The summed E-state index contributed by atoms with van der Waals surface area (Å²) in [7, 11) is 0. The second-order valence-corrected chi connectivity index (χ2v) is 5.82. The number of benzene rings is 2. The van der Waals surface area contributed by atoms with Crippen LogP contribution in [-0.2, 0) is 16.0 Å². The zero-order chi connectivity index (χ0) is 16.2. The van der Waals surface area contributed by atoms with Crippen molar-refractivity contribution in [2.24, 2.45) is 0 Å². The molecule has 0 saturated carbocycles. The van der Waals surface area contributed by atoms with E-state index in [9.17, 15) is 9.18 Å². The molecule has 0 spiro atoms. The molecule has 1 saturated heterocycles. The number of halogens is 1. The summed E-state index contributed by atoms with van der Waals surface area (Å²) in [6.07, 6.45) is -0.0257. The van der Waals surface area contributed by atoms with Gasteiger partial charge in [0.25, 0.3) is 0 Å². The van der Waals surface area contributed by atoms with Crippen molar-refractivity contribution in [3.05, 3.63) is 71.0 Å². The summed E-state index contributed by atoms with van der Waals surface area (Å²) in [6.45, 7) is 3.38. The van der Waals surface area contributed by atoms with Gasteiger partial charge in [0, 0.05) is 12.1 Å². The Morgan fingerprint density at radius 3 is 2.74 bits per heavy atom. The summed E-state index contributed by atoms with van der Waals surface area (Å²) in [6, 6.07) is 14.5. The van der Waals surface area contributed by atoms with E-state index in [0.717, 1.165) is 11.1 Å². The van der Waals surface area contributed by atoms with Gasteiger partial charge in [-0.15, -0.1) is 0 Å². The fourth-order valence-corrected chi connectivity index (χ4v) is 2.88. The largest absolute Gasteiger partial charge is 0.370 e. The van der Waals surface area contributed by atoms with E-state index < -0.39 is 6.10 Å². The molecule has 0 aliphatic carbocycles. The molecule has 0 N–H and O–H groups in total. The smallest absolute Gasteiger partial charge is 0.227 e. The molecule has 0 aromatic heterocycles. The van der Waals surface area contributed by atoms with Crippen molar-refractivity contribution in [1.82, 2.24) is 4.90 Å². The number of amides is 1. The molecule has 4 heteroatoms. The first kappa shape index (κ1) is 15.7. The van der Waals surface area contributed by atoms with Gasteiger partial charge in [-0.05, 0) is 24.1 Å². The van der Waals surface area contributed by atoms with E-state index in [2.05, 4.69) is 0 Å². The molecule has 0 bridgehead atoms. The van der Waals surface area contributed by atoms with Gasteiger partial charge in [-0.25, -0.2) is 4.39 Å². The van der Waals surface area contributed by atoms with Crippen molar-refractivity contribution in [2.45, 2.75) is 19.4 Å². The van der Waals surface area contributed by atoms with E-state index in [0.29, 0.717) is 31.7 Å². The van der Waals surface area contributed by atoms with Gasteiger partial charge in [0.2, 0.25) is 5.91 Å². The third-order valence-electron chi connectivity index (χ3n) is 4.27. The SMILES string of the molecule is Cc1ccccc1CC(=O)N1CCOC(c2ccccc2F)C1. The number of nitrogens with zero attached hydrogens (tertiary/aromatic N) is 1. The summed E-state index contributed by atoms with van der Waals surface area (Å²) < 4.78 is 19.6. The number of hydrogen-bond donors (Lipinski definition) is 0. The number of morpholine rings is 1. The van der Waals surface area contributed by atoms with Gasteiger partial charge in [0.1, 0.15) is 11.9 Å². The zero-order valence-corrected chi connectivity index (χ0v) is 13.2. The van der Waals surface area contributed by atoms with Crippen molar-refractivity contribution in [1.29, 1.82) is 0 Å². The summed E-state index contributed by atoms with van der Waals surface area (Å²) >= 11 is 0. The quantitative estimate of drug-likeness (QED) is 0.870. The van der Waals surface area contributed by atoms with Crippen molar-refractivity contribution >= 4 is 5.91 Å². The lowest BCUT2D eigenvalue weighted by Crippen LogP contribution is -2.43. The monoisotopic (exact) mass is 313 g/mol. The average molecular weight is 313 g/mol. The topological polar surface area (TPSA) is 29.5 Å². The van der Waals surface area contributed by atoms with Crippen LogP contribution in [0.15, 0.2) is 48.5 Å². The Labute approximate surface area is 135 Å². The highest BCUT2D eigenvalue weighted by atomic mass is 19.1. The van der Waals surface area contributed by atoms with Gasteiger partial charge in [0.05, 0.1) is 19.6 Å². The van der Waals surface area contributed by atoms with Crippen molar-refractivity contribution in [2.75, 3.05) is 19.7 Å². The predicted molar refractivity (Wildman–Crippen MR) is 86.6 cm³/mol. The number of rotatable bonds is 3. The second kappa shape index (κ2) is 6.92. The molecular weight excluding hydrogens is 293 g/mol. The van der Waals surface area contributed by atoms with E-state index in [-0.39, 0.29) is 11.7 Å². The second-order valence-electron chi connectivity index (χ2n) is 5.82. The predicted octanol–water partition coefficient (Wildman–Crippen LogP) is 3.28.